The summed E-state index contributed by atoms with van der Waals surface area (Å²) in [5.74, 6) is -0.0459. The van der Waals surface area contributed by atoms with E-state index in [1.54, 1.807) is 6.92 Å². The van der Waals surface area contributed by atoms with Crippen LogP contribution >= 0.6 is 0 Å². The minimum Gasteiger partial charge on any atom is -0.329 e. The van der Waals surface area contributed by atoms with Crippen molar-refractivity contribution in [1.29, 1.82) is 0 Å². The molecule has 0 spiro atoms. The fraction of sp³-hybridized carbons (Fsp3) is 0.900. The van der Waals surface area contributed by atoms with Gasteiger partial charge < -0.3 is 4.90 Å². The monoisotopic (exact) mass is 235 g/mol. The molecule has 0 unspecified atom stereocenters. The normalized spacial score (nSPS) is 11.4. The van der Waals surface area contributed by atoms with E-state index >= 15 is 0 Å². The molecule has 0 fully saturated rings. The predicted octanol–water partition coefficient (Wildman–Crippen LogP) is 2.05. The second-order valence-electron chi connectivity index (χ2n) is 3.57. The van der Waals surface area contributed by atoms with Gasteiger partial charge >= 0.3 is 5.24 Å². The van der Waals surface area contributed by atoms with Crippen LogP contribution in [0.15, 0.2) is 0 Å². The Morgan fingerprint density at radius 2 is 1.47 bits per heavy atom. The third-order valence-corrected chi connectivity index (χ3v) is 3.72. The predicted molar refractivity (Wildman–Crippen MR) is 61.6 cm³/mol. The highest BCUT2D eigenvalue weighted by molar-refractivity contribution is 8.05. The van der Waals surface area contributed by atoms with E-state index in [-0.39, 0.29) is 5.75 Å². The Balaban J connectivity index is 4.61. The van der Waals surface area contributed by atoms with Crippen LogP contribution in [0.25, 0.3) is 0 Å². The summed E-state index contributed by atoms with van der Waals surface area (Å²) < 4.78 is 23.1. The van der Waals surface area contributed by atoms with Gasteiger partial charge in [-0.05, 0) is 19.3 Å². The lowest BCUT2D eigenvalue weighted by Crippen LogP contribution is -2.37. The number of amides is 1. The molecule has 0 aromatic rings. The summed E-state index contributed by atoms with van der Waals surface area (Å²) in [5.41, 5.74) is 0. The summed E-state index contributed by atoms with van der Waals surface area (Å²) in [5, 5.41) is -0.701. The lowest BCUT2D eigenvalue weighted by Gasteiger charge is -2.20. The van der Waals surface area contributed by atoms with Crippen molar-refractivity contribution in [2.75, 3.05) is 18.8 Å². The van der Waals surface area contributed by atoms with Gasteiger partial charge in [0.1, 0.15) is 0 Å². The van der Waals surface area contributed by atoms with Gasteiger partial charge in [0, 0.05) is 13.1 Å². The Bertz CT molecular complexity index is 279. The Morgan fingerprint density at radius 1 is 1.00 bits per heavy atom. The van der Waals surface area contributed by atoms with Crippen LogP contribution in [0.5, 0.6) is 0 Å². The van der Waals surface area contributed by atoms with Gasteiger partial charge in [0.25, 0.3) is 0 Å². The SMILES string of the molecule is CCCN(CCC)C(=O)S(=O)(=O)CCC. The summed E-state index contributed by atoms with van der Waals surface area (Å²) in [6.07, 6.45) is 2.06. The largest absolute Gasteiger partial charge is 0.338 e. The molecule has 0 N–H and O–H groups in total. The van der Waals surface area contributed by atoms with E-state index in [0.717, 1.165) is 12.8 Å². The van der Waals surface area contributed by atoms with E-state index in [4.69, 9.17) is 0 Å². The number of carbonyl (C=O) groups excluding carboxylic acids is 1. The van der Waals surface area contributed by atoms with Gasteiger partial charge in [-0.25, -0.2) is 8.42 Å². The second kappa shape index (κ2) is 6.82. The maximum Gasteiger partial charge on any atom is 0.338 e. The molecular weight excluding hydrogens is 214 g/mol. The van der Waals surface area contributed by atoms with Gasteiger partial charge in [-0.3, -0.25) is 4.79 Å². The van der Waals surface area contributed by atoms with Crippen molar-refractivity contribution < 1.29 is 13.2 Å². The average Bonchev–Trinajstić information content (AvgIpc) is 2.16. The summed E-state index contributed by atoms with van der Waals surface area (Å²) in [6.45, 7) is 6.67. The first-order chi connectivity index (χ1) is 6.99. The summed E-state index contributed by atoms with van der Waals surface area (Å²) >= 11 is 0. The average molecular weight is 235 g/mol. The van der Waals surface area contributed by atoms with Crippen molar-refractivity contribution in [2.24, 2.45) is 0 Å². The van der Waals surface area contributed by atoms with E-state index in [0.29, 0.717) is 19.5 Å². The van der Waals surface area contributed by atoms with Crippen LogP contribution in [0.3, 0.4) is 0 Å². The van der Waals surface area contributed by atoms with Crippen LogP contribution in [0, 0.1) is 0 Å². The zero-order chi connectivity index (χ0) is 11.9. The number of hydrogen-bond acceptors (Lipinski definition) is 3. The van der Waals surface area contributed by atoms with Crippen LogP contribution in [0.4, 0.5) is 4.79 Å². The molecule has 90 valence electrons. The Morgan fingerprint density at radius 3 is 1.80 bits per heavy atom. The standard InChI is InChI=1S/C10H21NO3S/c1-4-7-11(8-5-2)10(12)15(13,14)9-6-3/h4-9H2,1-3H3. The topological polar surface area (TPSA) is 54.5 Å². The van der Waals surface area contributed by atoms with E-state index in [9.17, 15) is 13.2 Å². The highest BCUT2D eigenvalue weighted by Gasteiger charge is 2.26. The van der Waals surface area contributed by atoms with Crippen LogP contribution in [-0.4, -0.2) is 37.4 Å². The van der Waals surface area contributed by atoms with Crippen molar-refractivity contribution in [3.05, 3.63) is 0 Å². The number of sulfone groups is 1. The van der Waals surface area contributed by atoms with E-state index < -0.39 is 15.1 Å². The Kier molecular flexibility index (Phi) is 6.56. The maximum absolute atomic E-state index is 11.7. The quantitative estimate of drug-likeness (QED) is 0.708. The fourth-order valence-corrected chi connectivity index (χ4v) is 2.67. The minimum atomic E-state index is -3.57. The van der Waals surface area contributed by atoms with Gasteiger partial charge in [0.05, 0.1) is 5.75 Å². The highest BCUT2D eigenvalue weighted by atomic mass is 32.2. The van der Waals surface area contributed by atoms with E-state index in [1.807, 2.05) is 13.8 Å². The van der Waals surface area contributed by atoms with Gasteiger partial charge in [-0.2, -0.15) is 0 Å². The first-order valence-corrected chi connectivity index (χ1v) is 7.16. The summed E-state index contributed by atoms with van der Waals surface area (Å²) in [6, 6.07) is 0. The van der Waals surface area contributed by atoms with E-state index in [2.05, 4.69) is 0 Å². The molecule has 0 aromatic carbocycles. The molecule has 0 aromatic heterocycles. The molecule has 0 saturated carbocycles. The maximum atomic E-state index is 11.7. The van der Waals surface area contributed by atoms with Crippen molar-refractivity contribution in [3.8, 4) is 0 Å². The van der Waals surface area contributed by atoms with Crippen LogP contribution in [-0.2, 0) is 9.84 Å². The smallest absolute Gasteiger partial charge is 0.329 e. The molecule has 0 bridgehead atoms. The van der Waals surface area contributed by atoms with Crippen molar-refractivity contribution in [3.63, 3.8) is 0 Å². The van der Waals surface area contributed by atoms with Crippen molar-refractivity contribution in [1.82, 2.24) is 4.90 Å². The minimum absolute atomic E-state index is 0.0459. The van der Waals surface area contributed by atoms with Crippen molar-refractivity contribution >= 4 is 15.1 Å². The molecule has 0 aliphatic carbocycles. The Labute approximate surface area is 92.6 Å². The molecule has 1 amide bonds. The van der Waals surface area contributed by atoms with Crippen molar-refractivity contribution in [2.45, 2.75) is 40.0 Å². The first-order valence-electron chi connectivity index (χ1n) is 5.51. The summed E-state index contributed by atoms with van der Waals surface area (Å²) in [7, 11) is -3.57. The lowest BCUT2D eigenvalue weighted by atomic mass is 10.4. The molecule has 0 radical (unpaired) electrons. The molecule has 4 nitrogen and oxygen atoms in total. The molecular formula is C10H21NO3S. The first kappa shape index (κ1) is 14.4. The molecule has 0 aliphatic heterocycles. The Hall–Kier alpha value is -0.580. The zero-order valence-electron chi connectivity index (χ0n) is 9.82. The summed E-state index contributed by atoms with van der Waals surface area (Å²) in [4.78, 5) is 13.1. The molecule has 0 saturated heterocycles. The molecule has 0 heterocycles. The number of hydrogen-bond donors (Lipinski definition) is 0. The molecule has 0 atom stereocenters. The molecule has 0 rings (SSSR count). The second-order valence-corrected chi connectivity index (χ2v) is 5.56. The fourth-order valence-electron chi connectivity index (χ4n) is 1.39. The third-order valence-electron chi connectivity index (χ3n) is 1.98. The van der Waals surface area contributed by atoms with Crippen LogP contribution < -0.4 is 0 Å². The van der Waals surface area contributed by atoms with Crippen LogP contribution in [0.1, 0.15) is 40.0 Å². The molecule has 5 heteroatoms. The van der Waals surface area contributed by atoms with Gasteiger partial charge in [-0.15, -0.1) is 0 Å². The highest BCUT2D eigenvalue weighted by Crippen LogP contribution is 2.05. The molecule has 0 aliphatic rings. The zero-order valence-corrected chi connectivity index (χ0v) is 10.6. The number of carbonyl (C=O) groups is 1. The van der Waals surface area contributed by atoms with Gasteiger partial charge in [-0.1, -0.05) is 20.8 Å². The van der Waals surface area contributed by atoms with Gasteiger partial charge in [0.15, 0.2) is 0 Å². The van der Waals surface area contributed by atoms with E-state index in [1.165, 1.54) is 4.90 Å². The lowest BCUT2D eigenvalue weighted by molar-refractivity contribution is 0.220. The van der Waals surface area contributed by atoms with Gasteiger partial charge in [0.2, 0.25) is 9.84 Å². The number of rotatable bonds is 6. The molecule has 15 heavy (non-hydrogen) atoms. The third kappa shape index (κ3) is 4.64. The van der Waals surface area contributed by atoms with Crippen LogP contribution in [0.2, 0.25) is 0 Å². The number of nitrogens with zero attached hydrogens (tertiary/aromatic N) is 1.